The summed E-state index contributed by atoms with van der Waals surface area (Å²) in [6, 6.07) is 7.82. The lowest BCUT2D eigenvalue weighted by Crippen LogP contribution is -2.37. The van der Waals surface area contributed by atoms with Gasteiger partial charge in [0.25, 0.3) is 0 Å². The van der Waals surface area contributed by atoms with E-state index in [0.717, 1.165) is 17.0 Å². The van der Waals surface area contributed by atoms with E-state index in [1.165, 1.54) is 19.3 Å². The first-order valence-corrected chi connectivity index (χ1v) is 7.89. The van der Waals surface area contributed by atoms with E-state index in [-0.39, 0.29) is 5.84 Å². The number of hydrogen-bond donors (Lipinski definition) is 2. The van der Waals surface area contributed by atoms with Crippen LogP contribution in [0.2, 0.25) is 0 Å². The highest BCUT2D eigenvalue weighted by Gasteiger charge is 2.61. The van der Waals surface area contributed by atoms with Crippen LogP contribution in [0, 0.1) is 22.2 Å². The normalized spacial score (nSPS) is 33.3. The lowest BCUT2D eigenvalue weighted by Gasteiger charge is -2.38. The van der Waals surface area contributed by atoms with Crippen molar-refractivity contribution in [1.82, 2.24) is 0 Å². The molecule has 0 amide bonds. The Labute approximate surface area is 127 Å². The third-order valence-electron chi connectivity index (χ3n) is 6.43. The molecular weight excluding hydrogens is 260 g/mol. The molecule has 0 radical (unpaired) electrons. The van der Waals surface area contributed by atoms with Gasteiger partial charge in [0.05, 0.1) is 12.7 Å². The summed E-state index contributed by atoms with van der Waals surface area (Å²) in [6.07, 6.45) is 4.23. The maximum Gasteiger partial charge on any atom is 0.122 e. The van der Waals surface area contributed by atoms with Gasteiger partial charge in [0.15, 0.2) is 0 Å². The van der Waals surface area contributed by atoms with Crippen LogP contribution >= 0.6 is 0 Å². The van der Waals surface area contributed by atoms with Crippen LogP contribution in [0.1, 0.15) is 51.2 Å². The second-order valence-corrected chi connectivity index (χ2v) is 7.52. The average Bonchev–Trinajstić information content (AvgIpc) is 2.78. The zero-order valence-corrected chi connectivity index (χ0v) is 13.3. The van der Waals surface area contributed by atoms with Crippen LogP contribution in [0.3, 0.4) is 0 Å². The molecule has 3 nitrogen and oxygen atoms in total. The fourth-order valence-electron chi connectivity index (χ4n) is 4.36. The fraction of sp³-hybridized carbons (Fsp3) is 0.611. The predicted molar refractivity (Wildman–Crippen MR) is 85.3 cm³/mol. The molecule has 3 heteroatoms. The van der Waals surface area contributed by atoms with Crippen LogP contribution in [0.25, 0.3) is 0 Å². The van der Waals surface area contributed by atoms with Crippen molar-refractivity contribution in [2.75, 3.05) is 0 Å². The summed E-state index contributed by atoms with van der Waals surface area (Å²) in [5.74, 6) is 0.928. The van der Waals surface area contributed by atoms with Crippen molar-refractivity contribution in [1.29, 1.82) is 5.41 Å². The summed E-state index contributed by atoms with van der Waals surface area (Å²) in [7, 11) is 0. The van der Waals surface area contributed by atoms with Crippen molar-refractivity contribution in [2.24, 2.45) is 22.5 Å². The van der Waals surface area contributed by atoms with Crippen molar-refractivity contribution in [3.8, 4) is 0 Å². The largest absolute Gasteiger partial charge is 0.384 e. The van der Waals surface area contributed by atoms with Gasteiger partial charge in [0.2, 0.25) is 0 Å². The van der Waals surface area contributed by atoms with Gasteiger partial charge in [-0.25, -0.2) is 0 Å². The Bertz CT molecular complexity index is 549. The van der Waals surface area contributed by atoms with Crippen LogP contribution in [-0.4, -0.2) is 11.9 Å². The third-order valence-corrected chi connectivity index (χ3v) is 6.43. The number of benzene rings is 1. The van der Waals surface area contributed by atoms with E-state index in [0.29, 0.717) is 23.5 Å². The Kier molecular flexibility index (Phi) is 3.36. The third kappa shape index (κ3) is 2.18. The molecule has 2 bridgehead atoms. The van der Waals surface area contributed by atoms with E-state index in [4.69, 9.17) is 15.9 Å². The maximum absolute atomic E-state index is 7.42. The van der Waals surface area contributed by atoms with E-state index < -0.39 is 0 Å². The van der Waals surface area contributed by atoms with Crippen molar-refractivity contribution in [3.63, 3.8) is 0 Å². The molecule has 0 aromatic heterocycles. The molecule has 3 unspecified atom stereocenters. The standard InChI is InChI=1S/C18H26N2O/c1-17(2)14-8-9-18(17,3)15(10-14)21-11-12-4-6-13(7-5-12)16(19)20/h4-7,14-15H,8-11H2,1-3H3,(H3,19,20). The SMILES string of the molecule is CC1(C)C2CCC1(C)C(OCc1ccc(C(=N)N)cc1)C2. The van der Waals surface area contributed by atoms with Crippen molar-refractivity contribution in [2.45, 2.75) is 52.7 Å². The molecule has 114 valence electrons. The first kappa shape index (κ1) is 14.6. The number of nitrogen functional groups attached to an aromatic ring is 1. The first-order chi connectivity index (χ1) is 9.84. The highest BCUT2D eigenvalue weighted by Crippen LogP contribution is 2.66. The van der Waals surface area contributed by atoms with Gasteiger partial charge in [-0.2, -0.15) is 0 Å². The number of nitrogens with two attached hydrogens (primary N) is 1. The molecule has 2 aliphatic carbocycles. The summed E-state index contributed by atoms with van der Waals surface area (Å²) in [5, 5.41) is 7.42. The lowest BCUT2D eigenvalue weighted by atomic mass is 9.70. The molecule has 0 aliphatic heterocycles. The van der Waals surface area contributed by atoms with Crippen LogP contribution in [0.4, 0.5) is 0 Å². The Morgan fingerprint density at radius 2 is 1.95 bits per heavy atom. The van der Waals surface area contributed by atoms with Gasteiger partial charge in [0.1, 0.15) is 5.84 Å². The van der Waals surface area contributed by atoms with Gasteiger partial charge in [-0.1, -0.05) is 45.0 Å². The molecule has 2 fully saturated rings. The van der Waals surface area contributed by atoms with Gasteiger partial charge in [-0.3, -0.25) is 5.41 Å². The Balaban J connectivity index is 1.65. The zero-order valence-electron chi connectivity index (χ0n) is 13.3. The number of hydrogen-bond acceptors (Lipinski definition) is 2. The number of nitrogens with one attached hydrogen (secondary N) is 1. The molecule has 2 aliphatic rings. The summed E-state index contributed by atoms with van der Waals surface area (Å²) < 4.78 is 6.28. The van der Waals surface area contributed by atoms with Crippen LogP contribution in [0.15, 0.2) is 24.3 Å². The molecular formula is C18H26N2O. The minimum absolute atomic E-state index is 0.116. The molecule has 0 spiro atoms. The number of amidine groups is 1. The highest BCUT2D eigenvalue weighted by atomic mass is 16.5. The maximum atomic E-state index is 7.42. The molecule has 3 atom stereocenters. The first-order valence-electron chi connectivity index (χ1n) is 7.89. The van der Waals surface area contributed by atoms with E-state index in [9.17, 15) is 0 Å². The molecule has 0 saturated heterocycles. The van der Waals surface area contributed by atoms with Gasteiger partial charge in [0, 0.05) is 5.56 Å². The second-order valence-electron chi connectivity index (χ2n) is 7.52. The molecule has 21 heavy (non-hydrogen) atoms. The minimum atomic E-state index is 0.116. The average molecular weight is 286 g/mol. The van der Waals surface area contributed by atoms with E-state index in [2.05, 4.69) is 20.8 Å². The van der Waals surface area contributed by atoms with Crippen molar-refractivity contribution < 1.29 is 4.74 Å². The molecule has 3 N–H and O–H groups in total. The van der Waals surface area contributed by atoms with Crippen molar-refractivity contribution >= 4 is 5.84 Å². The number of rotatable bonds is 4. The Hall–Kier alpha value is -1.35. The number of fused-ring (bicyclic) bond motifs is 2. The van der Waals surface area contributed by atoms with Crippen LogP contribution in [0.5, 0.6) is 0 Å². The van der Waals surface area contributed by atoms with Crippen molar-refractivity contribution in [3.05, 3.63) is 35.4 Å². The van der Waals surface area contributed by atoms with Gasteiger partial charge in [-0.15, -0.1) is 0 Å². The minimum Gasteiger partial charge on any atom is -0.384 e. The Morgan fingerprint density at radius 3 is 2.43 bits per heavy atom. The lowest BCUT2D eigenvalue weighted by molar-refractivity contribution is -0.0550. The summed E-state index contributed by atoms with van der Waals surface area (Å²) in [5.41, 5.74) is 8.12. The Morgan fingerprint density at radius 1 is 1.29 bits per heavy atom. The molecule has 1 aromatic carbocycles. The van der Waals surface area contributed by atoms with Crippen LogP contribution in [-0.2, 0) is 11.3 Å². The second kappa shape index (κ2) is 4.84. The topological polar surface area (TPSA) is 59.1 Å². The monoisotopic (exact) mass is 286 g/mol. The van der Waals surface area contributed by atoms with E-state index in [1.54, 1.807) is 0 Å². The molecule has 1 aromatic rings. The van der Waals surface area contributed by atoms with Gasteiger partial charge < -0.3 is 10.5 Å². The molecule has 3 rings (SSSR count). The summed E-state index contributed by atoms with van der Waals surface area (Å²) >= 11 is 0. The molecule has 2 saturated carbocycles. The fourth-order valence-corrected chi connectivity index (χ4v) is 4.36. The van der Waals surface area contributed by atoms with Gasteiger partial charge in [-0.05, 0) is 41.6 Å². The van der Waals surface area contributed by atoms with E-state index in [1.807, 2.05) is 24.3 Å². The molecule has 0 heterocycles. The highest BCUT2D eigenvalue weighted by molar-refractivity contribution is 5.94. The van der Waals surface area contributed by atoms with E-state index >= 15 is 0 Å². The quantitative estimate of drug-likeness (QED) is 0.655. The number of ether oxygens (including phenoxy) is 1. The van der Waals surface area contributed by atoms with Gasteiger partial charge >= 0.3 is 0 Å². The smallest absolute Gasteiger partial charge is 0.122 e. The zero-order chi connectivity index (χ0) is 15.3. The predicted octanol–water partition coefficient (Wildman–Crippen LogP) is 3.70. The summed E-state index contributed by atoms with van der Waals surface area (Å²) in [4.78, 5) is 0. The summed E-state index contributed by atoms with van der Waals surface area (Å²) in [6.45, 7) is 7.89. The van der Waals surface area contributed by atoms with Crippen LogP contribution < -0.4 is 5.73 Å².